The lowest BCUT2D eigenvalue weighted by Crippen LogP contribution is -2.19. The first-order valence-corrected chi connectivity index (χ1v) is 5.85. The van der Waals surface area contributed by atoms with E-state index in [4.69, 9.17) is 5.11 Å². The fourth-order valence-corrected chi connectivity index (χ4v) is 2.34. The maximum absolute atomic E-state index is 10.6. The third-order valence-corrected chi connectivity index (χ3v) is 3.13. The van der Waals surface area contributed by atoms with Crippen LogP contribution in [-0.4, -0.2) is 22.1 Å². The predicted molar refractivity (Wildman–Crippen MR) is 65.0 cm³/mol. The SMILES string of the molecule is CC(CC(=O)O)Nc1nccc2sccc12. The monoisotopic (exact) mass is 236 g/mol. The third-order valence-electron chi connectivity index (χ3n) is 2.24. The number of carboxylic acid groups (broad SMARTS) is 1. The van der Waals surface area contributed by atoms with Crippen LogP contribution in [0.1, 0.15) is 13.3 Å². The molecule has 0 aliphatic heterocycles. The van der Waals surface area contributed by atoms with E-state index in [1.54, 1.807) is 17.5 Å². The van der Waals surface area contributed by atoms with Crippen molar-refractivity contribution >= 4 is 33.2 Å². The average molecular weight is 236 g/mol. The highest BCUT2D eigenvalue weighted by Gasteiger charge is 2.10. The molecule has 1 atom stereocenters. The highest BCUT2D eigenvalue weighted by Crippen LogP contribution is 2.26. The summed E-state index contributed by atoms with van der Waals surface area (Å²) in [6.45, 7) is 1.83. The van der Waals surface area contributed by atoms with Crippen molar-refractivity contribution in [3.8, 4) is 0 Å². The van der Waals surface area contributed by atoms with Crippen molar-refractivity contribution in [3.63, 3.8) is 0 Å². The Labute approximate surface area is 96.9 Å². The van der Waals surface area contributed by atoms with Crippen molar-refractivity contribution in [3.05, 3.63) is 23.7 Å². The van der Waals surface area contributed by atoms with E-state index in [9.17, 15) is 4.79 Å². The second-order valence-electron chi connectivity index (χ2n) is 3.64. The lowest BCUT2D eigenvalue weighted by atomic mass is 10.2. The van der Waals surface area contributed by atoms with Gasteiger partial charge in [-0.05, 0) is 24.4 Å². The van der Waals surface area contributed by atoms with Crippen molar-refractivity contribution in [1.82, 2.24) is 4.98 Å². The molecule has 2 rings (SSSR count). The van der Waals surface area contributed by atoms with Gasteiger partial charge in [0, 0.05) is 22.3 Å². The first kappa shape index (κ1) is 10.9. The molecule has 0 saturated carbocycles. The predicted octanol–water partition coefficient (Wildman–Crippen LogP) is 2.57. The van der Waals surface area contributed by atoms with Crippen molar-refractivity contribution in [2.75, 3.05) is 5.32 Å². The number of carboxylic acids is 1. The summed E-state index contributed by atoms with van der Waals surface area (Å²) in [4.78, 5) is 14.8. The van der Waals surface area contributed by atoms with Gasteiger partial charge in [-0.3, -0.25) is 4.79 Å². The van der Waals surface area contributed by atoms with Crippen LogP contribution in [0.15, 0.2) is 23.7 Å². The summed E-state index contributed by atoms with van der Waals surface area (Å²) >= 11 is 1.65. The number of fused-ring (bicyclic) bond motifs is 1. The molecule has 0 amide bonds. The first-order chi connectivity index (χ1) is 7.66. The highest BCUT2D eigenvalue weighted by molar-refractivity contribution is 7.17. The van der Waals surface area contributed by atoms with Crippen LogP contribution in [0, 0.1) is 0 Å². The lowest BCUT2D eigenvalue weighted by Gasteiger charge is -2.12. The molecule has 1 unspecified atom stereocenters. The summed E-state index contributed by atoms with van der Waals surface area (Å²) in [7, 11) is 0. The van der Waals surface area contributed by atoms with Gasteiger partial charge in [-0.1, -0.05) is 0 Å². The van der Waals surface area contributed by atoms with E-state index in [1.807, 2.05) is 24.4 Å². The van der Waals surface area contributed by atoms with Crippen LogP contribution in [0.5, 0.6) is 0 Å². The Balaban J connectivity index is 2.20. The molecule has 0 spiro atoms. The van der Waals surface area contributed by atoms with Crippen molar-refractivity contribution < 1.29 is 9.90 Å². The van der Waals surface area contributed by atoms with Crippen LogP contribution in [0.25, 0.3) is 10.1 Å². The van der Waals surface area contributed by atoms with Gasteiger partial charge in [0.2, 0.25) is 0 Å². The van der Waals surface area contributed by atoms with E-state index in [0.717, 1.165) is 15.9 Å². The molecular weight excluding hydrogens is 224 g/mol. The molecule has 0 saturated heterocycles. The Morgan fingerprint density at radius 1 is 1.62 bits per heavy atom. The number of anilines is 1. The Morgan fingerprint density at radius 3 is 3.19 bits per heavy atom. The number of nitrogens with zero attached hydrogens (tertiary/aromatic N) is 1. The molecule has 2 aromatic heterocycles. The minimum atomic E-state index is -0.808. The molecule has 2 aromatic rings. The zero-order valence-electron chi connectivity index (χ0n) is 8.80. The van der Waals surface area contributed by atoms with Gasteiger partial charge in [0.1, 0.15) is 5.82 Å². The molecule has 0 aliphatic rings. The number of carbonyl (C=O) groups is 1. The zero-order chi connectivity index (χ0) is 11.5. The van der Waals surface area contributed by atoms with Crippen molar-refractivity contribution in [1.29, 1.82) is 0 Å². The molecule has 16 heavy (non-hydrogen) atoms. The zero-order valence-corrected chi connectivity index (χ0v) is 9.62. The van der Waals surface area contributed by atoms with Gasteiger partial charge < -0.3 is 10.4 Å². The van der Waals surface area contributed by atoms with Crippen LogP contribution in [0.3, 0.4) is 0 Å². The number of hydrogen-bond donors (Lipinski definition) is 2. The van der Waals surface area contributed by atoms with Crippen molar-refractivity contribution in [2.24, 2.45) is 0 Å². The number of thiophene rings is 1. The largest absolute Gasteiger partial charge is 0.481 e. The number of aromatic nitrogens is 1. The first-order valence-electron chi connectivity index (χ1n) is 4.97. The van der Waals surface area contributed by atoms with E-state index in [-0.39, 0.29) is 12.5 Å². The second-order valence-corrected chi connectivity index (χ2v) is 4.58. The Morgan fingerprint density at radius 2 is 2.44 bits per heavy atom. The molecule has 2 N–H and O–H groups in total. The average Bonchev–Trinajstić information content (AvgIpc) is 2.65. The number of pyridine rings is 1. The van der Waals surface area contributed by atoms with Crippen LogP contribution in [0.2, 0.25) is 0 Å². The summed E-state index contributed by atoms with van der Waals surface area (Å²) < 4.78 is 1.15. The summed E-state index contributed by atoms with van der Waals surface area (Å²) in [6, 6.07) is 3.81. The van der Waals surface area contributed by atoms with Crippen LogP contribution in [-0.2, 0) is 4.79 Å². The Bertz CT molecular complexity index is 509. The molecule has 0 aliphatic carbocycles. The maximum Gasteiger partial charge on any atom is 0.305 e. The standard InChI is InChI=1S/C11H12N2O2S/c1-7(6-10(14)15)13-11-8-3-5-16-9(8)2-4-12-11/h2-5,7H,6H2,1H3,(H,12,13)(H,14,15). The third kappa shape index (κ3) is 2.30. The van der Waals surface area contributed by atoms with Crippen molar-refractivity contribution in [2.45, 2.75) is 19.4 Å². The molecular formula is C11H12N2O2S. The number of hydrogen-bond acceptors (Lipinski definition) is 4. The van der Waals surface area contributed by atoms with Gasteiger partial charge in [0.05, 0.1) is 6.42 Å². The smallest absolute Gasteiger partial charge is 0.305 e. The van der Waals surface area contributed by atoms with Gasteiger partial charge in [0.25, 0.3) is 0 Å². The second kappa shape index (κ2) is 4.49. The van der Waals surface area contributed by atoms with E-state index < -0.39 is 5.97 Å². The topological polar surface area (TPSA) is 62.2 Å². The van der Waals surface area contributed by atoms with E-state index in [0.29, 0.717) is 0 Å². The summed E-state index contributed by atoms with van der Waals surface area (Å²) in [5.41, 5.74) is 0. The normalized spacial score (nSPS) is 12.6. The molecule has 2 heterocycles. The minimum Gasteiger partial charge on any atom is -0.481 e. The number of rotatable bonds is 4. The van der Waals surface area contributed by atoms with Gasteiger partial charge in [0.15, 0.2) is 0 Å². The fraction of sp³-hybridized carbons (Fsp3) is 0.273. The number of aliphatic carboxylic acids is 1. The fourth-order valence-electron chi connectivity index (χ4n) is 1.56. The van der Waals surface area contributed by atoms with Gasteiger partial charge in [-0.15, -0.1) is 11.3 Å². The van der Waals surface area contributed by atoms with Gasteiger partial charge >= 0.3 is 5.97 Å². The Hall–Kier alpha value is -1.62. The molecule has 0 fully saturated rings. The van der Waals surface area contributed by atoms with E-state index >= 15 is 0 Å². The molecule has 0 bridgehead atoms. The van der Waals surface area contributed by atoms with Gasteiger partial charge in [-0.2, -0.15) is 0 Å². The summed E-state index contributed by atoms with van der Waals surface area (Å²) in [5, 5.41) is 14.8. The lowest BCUT2D eigenvalue weighted by molar-refractivity contribution is -0.137. The number of nitrogens with one attached hydrogen (secondary N) is 1. The summed E-state index contributed by atoms with van der Waals surface area (Å²) in [6.07, 6.45) is 1.82. The summed E-state index contributed by atoms with van der Waals surface area (Å²) in [5.74, 6) is -0.0509. The van der Waals surface area contributed by atoms with Gasteiger partial charge in [-0.25, -0.2) is 4.98 Å². The quantitative estimate of drug-likeness (QED) is 0.856. The maximum atomic E-state index is 10.6. The van der Waals surface area contributed by atoms with Crippen LogP contribution < -0.4 is 5.32 Å². The molecule has 5 heteroatoms. The van der Waals surface area contributed by atoms with E-state index in [1.165, 1.54) is 0 Å². The van der Waals surface area contributed by atoms with Crippen LogP contribution in [0.4, 0.5) is 5.82 Å². The molecule has 4 nitrogen and oxygen atoms in total. The van der Waals surface area contributed by atoms with Crippen LogP contribution >= 0.6 is 11.3 Å². The molecule has 0 aromatic carbocycles. The molecule has 0 radical (unpaired) electrons. The highest BCUT2D eigenvalue weighted by atomic mass is 32.1. The molecule has 84 valence electrons. The van der Waals surface area contributed by atoms with E-state index in [2.05, 4.69) is 10.3 Å². The minimum absolute atomic E-state index is 0.0855. The Kier molecular flexibility index (Phi) is 3.05.